The average Bonchev–Trinajstić information content (AvgIpc) is 2.39. The maximum absolute atomic E-state index is 12.1. The Kier molecular flexibility index (Phi) is 3.32. The molecule has 0 radical (unpaired) electrons. The minimum absolute atomic E-state index is 0.0669. The van der Waals surface area contributed by atoms with Gasteiger partial charge in [-0.05, 0) is 13.8 Å². The fourth-order valence-electron chi connectivity index (χ4n) is 2.18. The normalized spacial score (nSPS) is 18.1. The van der Waals surface area contributed by atoms with E-state index in [4.69, 9.17) is 9.47 Å². The van der Waals surface area contributed by atoms with Crippen molar-refractivity contribution in [3.63, 3.8) is 0 Å². The van der Waals surface area contributed by atoms with Crippen LogP contribution in [-0.4, -0.2) is 32.7 Å². The highest BCUT2D eigenvalue weighted by Crippen LogP contribution is 2.40. The Morgan fingerprint density at radius 3 is 2.44 bits per heavy atom. The van der Waals surface area contributed by atoms with Crippen molar-refractivity contribution < 1.29 is 14.3 Å². The summed E-state index contributed by atoms with van der Waals surface area (Å²) in [5.74, 6) is 1.34. The van der Waals surface area contributed by atoms with Crippen LogP contribution < -0.4 is 19.7 Å². The van der Waals surface area contributed by atoms with Crippen molar-refractivity contribution >= 4 is 17.3 Å². The molecule has 1 aliphatic heterocycles. The first kappa shape index (κ1) is 12.5. The summed E-state index contributed by atoms with van der Waals surface area (Å²) in [4.78, 5) is 13.8. The van der Waals surface area contributed by atoms with Gasteiger partial charge in [-0.25, -0.2) is 0 Å². The third-order valence-electron chi connectivity index (χ3n) is 3.12. The number of methoxy groups -OCH3 is 2. The summed E-state index contributed by atoms with van der Waals surface area (Å²) in [6.07, 6.45) is 0. The Hall–Kier alpha value is -1.91. The summed E-state index contributed by atoms with van der Waals surface area (Å²) in [6.45, 7) is 4.44. The number of anilines is 2. The van der Waals surface area contributed by atoms with E-state index >= 15 is 0 Å². The molecule has 0 saturated carbocycles. The molecule has 1 N–H and O–H groups in total. The zero-order chi connectivity index (χ0) is 13.3. The van der Waals surface area contributed by atoms with Crippen LogP contribution in [0.4, 0.5) is 11.4 Å². The molecular weight excluding hydrogens is 232 g/mol. The number of likely N-dealkylation sites (N-methyl/N-ethyl adjacent to an activating group) is 1. The van der Waals surface area contributed by atoms with E-state index in [1.54, 1.807) is 19.1 Å². The van der Waals surface area contributed by atoms with E-state index in [-0.39, 0.29) is 11.9 Å². The Balaban J connectivity index is 2.55. The van der Waals surface area contributed by atoms with Gasteiger partial charge in [-0.15, -0.1) is 0 Å². The van der Waals surface area contributed by atoms with Crippen LogP contribution in [-0.2, 0) is 4.79 Å². The smallest absolute Gasteiger partial charge is 0.249 e. The van der Waals surface area contributed by atoms with E-state index in [1.807, 2.05) is 26.0 Å². The molecule has 0 spiro atoms. The molecule has 1 amide bonds. The van der Waals surface area contributed by atoms with Gasteiger partial charge < -0.3 is 19.7 Å². The van der Waals surface area contributed by atoms with Gasteiger partial charge in [0.05, 0.1) is 25.6 Å². The van der Waals surface area contributed by atoms with E-state index in [0.717, 1.165) is 11.4 Å². The molecule has 0 aliphatic carbocycles. The predicted molar refractivity (Wildman–Crippen MR) is 70.7 cm³/mol. The van der Waals surface area contributed by atoms with Crippen LogP contribution in [0.15, 0.2) is 12.1 Å². The molecule has 1 unspecified atom stereocenters. The lowest BCUT2D eigenvalue weighted by atomic mass is 10.1. The van der Waals surface area contributed by atoms with Crippen LogP contribution in [0.3, 0.4) is 0 Å². The minimum atomic E-state index is -0.226. The predicted octanol–water partition coefficient (Wildman–Crippen LogP) is 1.87. The number of fused-ring (bicyclic) bond motifs is 1. The first-order valence-electron chi connectivity index (χ1n) is 5.96. The van der Waals surface area contributed by atoms with Gasteiger partial charge in [-0.1, -0.05) is 0 Å². The molecule has 0 fully saturated rings. The Labute approximate surface area is 107 Å². The van der Waals surface area contributed by atoms with E-state index < -0.39 is 0 Å². The lowest BCUT2D eigenvalue weighted by Crippen LogP contribution is -2.45. The maximum atomic E-state index is 12.1. The summed E-state index contributed by atoms with van der Waals surface area (Å²) in [6, 6.07) is 3.46. The summed E-state index contributed by atoms with van der Waals surface area (Å²) >= 11 is 0. The Bertz CT molecular complexity index is 474. The number of benzene rings is 1. The monoisotopic (exact) mass is 250 g/mol. The number of hydrogen-bond acceptors (Lipinski definition) is 4. The number of hydrogen-bond donors (Lipinski definition) is 1. The molecular formula is C13H18N2O3. The van der Waals surface area contributed by atoms with E-state index in [9.17, 15) is 4.79 Å². The molecule has 1 aromatic rings. The zero-order valence-electron chi connectivity index (χ0n) is 11.1. The number of nitrogens with zero attached hydrogens (tertiary/aromatic N) is 1. The van der Waals surface area contributed by atoms with Crippen molar-refractivity contribution in [2.45, 2.75) is 19.9 Å². The highest BCUT2D eigenvalue weighted by Gasteiger charge is 2.29. The molecule has 5 nitrogen and oxygen atoms in total. The molecule has 1 heterocycles. The van der Waals surface area contributed by atoms with E-state index in [2.05, 4.69) is 5.32 Å². The first-order chi connectivity index (χ1) is 8.62. The molecule has 1 atom stereocenters. The van der Waals surface area contributed by atoms with Crippen molar-refractivity contribution in [2.24, 2.45) is 0 Å². The molecule has 18 heavy (non-hydrogen) atoms. The van der Waals surface area contributed by atoms with Crippen molar-refractivity contribution in [3.8, 4) is 11.5 Å². The quantitative estimate of drug-likeness (QED) is 0.889. The fourth-order valence-corrected chi connectivity index (χ4v) is 2.18. The fraction of sp³-hybridized carbons (Fsp3) is 0.462. The number of nitrogens with one attached hydrogen (secondary N) is 1. The van der Waals surface area contributed by atoms with Gasteiger partial charge in [0.15, 0.2) is 11.5 Å². The molecule has 1 aromatic carbocycles. The van der Waals surface area contributed by atoms with Crippen LogP contribution in [0, 0.1) is 0 Å². The average molecular weight is 250 g/mol. The summed E-state index contributed by atoms with van der Waals surface area (Å²) in [5.41, 5.74) is 1.72. The molecule has 1 aliphatic rings. The van der Waals surface area contributed by atoms with Gasteiger partial charge >= 0.3 is 0 Å². The van der Waals surface area contributed by atoms with Crippen molar-refractivity contribution in [1.29, 1.82) is 0 Å². The van der Waals surface area contributed by atoms with E-state index in [1.165, 1.54) is 0 Å². The van der Waals surface area contributed by atoms with Crippen molar-refractivity contribution in [2.75, 3.05) is 31.0 Å². The minimum Gasteiger partial charge on any atom is -0.493 e. The lowest BCUT2D eigenvalue weighted by Gasteiger charge is -2.33. The zero-order valence-corrected chi connectivity index (χ0v) is 11.1. The number of rotatable bonds is 3. The standard InChI is InChI=1S/C13H18N2O3/c1-5-15-10-7-12(18-4)11(17-3)6-9(10)14-8(2)13(15)16/h6-8,14H,5H2,1-4H3. The summed E-state index contributed by atoms with van der Waals surface area (Å²) in [5, 5.41) is 3.17. The summed E-state index contributed by atoms with van der Waals surface area (Å²) in [7, 11) is 3.18. The van der Waals surface area contributed by atoms with Crippen LogP contribution in [0.25, 0.3) is 0 Å². The highest BCUT2D eigenvalue weighted by molar-refractivity contribution is 6.05. The van der Waals surface area contributed by atoms with Crippen LogP contribution in [0.1, 0.15) is 13.8 Å². The second kappa shape index (κ2) is 4.76. The first-order valence-corrected chi connectivity index (χ1v) is 5.96. The van der Waals surface area contributed by atoms with Crippen molar-refractivity contribution in [1.82, 2.24) is 0 Å². The molecule has 5 heteroatoms. The van der Waals surface area contributed by atoms with Gasteiger partial charge in [0.2, 0.25) is 5.91 Å². The maximum Gasteiger partial charge on any atom is 0.249 e. The molecule has 98 valence electrons. The highest BCUT2D eigenvalue weighted by atomic mass is 16.5. The molecule has 0 bridgehead atoms. The molecule has 0 saturated heterocycles. The van der Waals surface area contributed by atoms with Crippen LogP contribution >= 0.6 is 0 Å². The second-order valence-corrected chi connectivity index (χ2v) is 4.17. The van der Waals surface area contributed by atoms with Gasteiger partial charge in [0.25, 0.3) is 0 Å². The third-order valence-corrected chi connectivity index (χ3v) is 3.12. The van der Waals surface area contributed by atoms with Gasteiger partial charge in [-0.3, -0.25) is 4.79 Å². The topological polar surface area (TPSA) is 50.8 Å². The Morgan fingerprint density at radius 1 is 1.28 bits per heavy atom. The SMILES string of the molecule is CCN1C(=O)C(C)Nc2cc(OC)c(OC)cc21. The number of carbonyl (C=O) groups excluding carboxylic acids is 1. The summed E-state index contributed by atoms with van der Waals surface area (Å²) < 4.78 is 10.5. The lowest BCUT2D eigenvalue weighted by molar-refractivity contribution is -0.119. The van der Waals surface area contributed by atoms with E-state index in [0.29, 0.717) is 18.0 Å². The van der Waals surface area contributed by atoms with Crippen LogP contribution in [0.5, 0.6) is 11.5 Å². The Morgan fingerprint density at radius 2 is 1.89 bits per heavy atom. The number of carbonyl (C=O) groups is 1. The molecule has 2 rings (SSSR count). The van der Waals surface area contributed by atoms with Gasteiger partial charge in [0, 0.05) is 18.7 Å². The number of amides is 1. The van der Waals surface area contributed by atoms with Crippen molar-refractivity contribution in [3.05, 3.63) is 12.1 Å². The molecule has 0 aromatic heterocycles. The number of ether oxygens (including phenoxy) is 2. The second-order valence-electron chi connectivity index (χ2n) is 4.17. The largest absolute Gasteiger partial charge is 0.493 e. The third kappa shape index (κ3) is 1.85. The van der Waals surface area contributed by atoms with Gasteiger partial charge in [0.1, 0.15) is 6.04 Å². The van der Waals surface area contributed by atoms with Crippen LogP contribution in [0.2, 0.25) is 0 Å². The van der Waals surface area contributed by atoms with Gasteiger partial charge in [-0.2, -0.15) is 0 Å².